The van der Waals surface area contributed by atoms with Crippen LogP contribution >= 0.6 is 38.9 Å². The molecule has 2 aromatic rings. The third-order valence-electron chi connectivity index (χ3n) is 2.90. The normalized spacial score (nSPS) is 12.8. The van der Waals surface area contributed by atoms with Gasteiger partial charge >= 0.3 is 0 Å². The average Bonchev–Trinajstić information content (AvgIpc) is 2.80. The number of hydrogen-bond donors (Lipinski definition) is 0. The Balaban J connectivity index is 2.55. The van der Waals surface area contributed by atoms with Crippen LogP contribution in [-0.4, -0.2) is 15.0 Å². The Morgan fingerprint density at radius 1 is 1.00 bits per heavy atom. The van der Waals surface area contributed by atoms with E-state index in [2.05, 4.69) is 72.4 Å². The van der Waals surface area contributed by atoms with Gasteiger partial charge in [0, 0.05) is 16.2 Å². The maximum atomic E-state index is 6.25. The zero-order valence-corrected chi connectivity index (χ0v) is 16.2. The van der Waals surface area contributed by atoms with Crippen LogP contribution in [-0.2, 0) is 10.8 Å². The second-order valence-electron chi connectivity index (χ2n) is 7.04. The molecule has 0 atom stereocenters. The molecule has 0 saturated heterocycles. The fourth-order valence-electron chi connectivity index (χ4n) is 1.75. The molecule has 114 valence electrons. The summed E-state index contributed by atoms with van der Waals surface area (Å²) in [6, 6.07) is 0. The third kappa shape index (κ3) is 3.63. The molecule has 0 amide bonds. The molecular weight excluding hydrogens is 370 g/mol. The molecule has 2 aromatic heterocycles. The number of hydrogen-bond acceptors (Lipinski definition) is 4. The molecule has 0 saturated carbocycles. The van der Waals surface area contributed by atoms with E-state index in [0.29, 0.717) is 11.0 Å². The third-order valence-corrected chi connectivity index (χ3v) is 5.42. The van der Waals surface area contributed by atoms with Gasteiger partial charge in [0.1, 0.15) is 10.8 Å². The lowest BCUT2D eigenvalue weighted by Gasteiger charge is -2.20. The quantitative estimate of drug-likeness (QED) is 0.596. The molecular formula is C15H19BrClN3S. The highest BCUT2D eigenvalue weighted by Gasteiger charge is 2.25. The lowest BCUT2D eigenvalue weighted by atomic mass is 9.92. The molecule has 2 rings (SSSR count). The van der Waals surface area contributed by atoms with E-state index in [1.54, 1.807) is 11.3 Å². The van der Waals surface area contributed by atoms with Crippen LogP contribution in [0.15, 0.2) is 9.85 Å². The Labute approximate surface area is 143 Å². The zero-order valence-electron chi connectivity index (χ0n) is 13.1. The van der Waals surface area contributed by atoms with Crippen LogP contribution in [0.2, 0.25) is 5.15 Å². The van der Waals surface area contributed by atoms with E-state index >= 15 is 0 Å². The summed E-state index contributed by atoms with van der Waals surface area (Å²) in [5.74, 6) is 0.583. The molecule has 6 heteroatoms. The van der Waals surface area contributed by atoms with Gasteiger partial charge in [0.2, 0.25) is 0 Å². The van der Waals surface area contributed by atoms with Gasteiger partial charge in [-0.2, -0.15) is 0 Å². The standard InChI is InChI=1S/C15H19BrClN3S/c1-14(2,3)10-9(16)11(17)20-12(19-10)8-7-21-13(18-8)15(4,5)6/h7H,1-6H3. The molecule has 0 aromatic carbocycles. The molecule has 0 aliphatic heterocycles. The average molecular weight is 389 g/mol. The number of rotatable bonds is 1. The molecule has 0 N–H and O–H groups in total. The predicted octanol–water partition coefficient (Wildman–Crippen LogP) is 5.61. The maximum Gasteiger partial charge on any atom is 0.180 e. The molecule has 2 heterocycles. The zero-order chi connectivity index (χ0) is 16.0. The fourth-order valence-corrected chi connectivity index (χ4v) is 3.58. The van der Waals surface area contributed by atoms with Crippen molar-refractivity contribution in [1.82, 2.24) is 15.0 Å². The molecule has 0 spiro atoms. The minimum atomic E-state index is -0.122. The van der Waals surface area contributed by atoms with E-state index in [1.165, 1.54) is 0 Å². The highest BCUT2D eigenvalue weighted by atomic mass is 79.9. The smallest absolute Gasteiger partial charge is 0.180 e. The molecule has 3 nitrogen and oxygen atoms in total. The molecule has 0 aliphatic rings. The van der Waals surface area contributed by atoms with Crippen LogP contribution in [0.3, 0.4) is 0 Å². The van der Waals surface area contributed by atoms with Crippen molar-refractivity contribution in [1.29, 1.82) is 0 Å². The van der Waals surface area contributed by atoms with Crippen molar-refractivity contribution in [2.75, 3.05) is 0 Å². The van der Waals surface area contributed by atoms with Crippen LogP contribution in [0.4, 0.5) is 0 Å². The molecule has 0 unspecified atom stereocenters. The Morgan fingerprint density at radius 3 is 2.10 bits per heavy atom. The van der Waals surface area contributed by atoms with Crippen LogP contribution in [0.25, 0.3) is 11.5 Å². The lowest BCUT2D eigenvalue weighted by molar-refractivity contribution is 0.563. The molecule has 21 heavy (non-hydrogen) atoms. The Hall–Kier alpha value is -0.520. The molecule has 0 aliphatic carbocycles. The van der Waals surface area contributed by atoms with E-state index in [0.717, 1.165) is 20.9 Å². The van der Waals surface area contributed by atoms with Crippen LogP contribution in [0.5, 0.6) is 0 Å². The van der Waals surface area contributed by atoms with Crippen molar-refractivity contribution in [3.63, 3.8) is 0 Å². The summed E-state index contributed by atoms with van der Waals surface area (Å²) in [7, 11) is 0. The summed E-state index contributed by atoms with van der Waals surface area (Å²) in [4.78, 5) is 13.7. The first-order valence-corrected chi connectivity index (χ1v) is 8.75. The molecule has 0 radical (unpaired) electrons. The first kappa shape index (κ1) is 16.8. The monoisotopic (exact) mass is 387 g/mol. The van der Waals surface area contributed by atoms with Crippen LogP contribution in [0.1, 0.15) is 52.2 Å². The number of aromatic nitrogens is 3. The Morgan fingerprint density at radius 2 is 1.62 bits per heavy atom. The lowest BCUT2D eigenvalue weighted by Crippen LogP contribution is -2.16. The summed E-state index contributed by atoms with van der Waals surface area (Å²) in [5.41, 5.74) is 1.57. The molecule has 0 fully saturated rings. The Bertz CT molecular complexity index is 669. The van der Waals surface area contributed by atoms with Gasteiger partial charge in [0.05, 0.1) is 15.2 Å². The predicted molar refractivity (Wildman–Crippen MR) is 93.3 cm³/mol. The van der Waals surface area contributed by atoms with E-state index in [9.17, 15) is 0 Å². The topological polar surface area (TPSA) is 38.7 Å². The summed E-state index contributed by atoms with van der Waals surface area (Å²) in [6.45, 7) is 12.7. The number of thiazole rings is 1. The van der Waals surface area contributed by atoms with Crippen LogP contribution in [0, 0.1) is 0 Å². The van der Waals surface area contributed by atoms with E-state index < -0.39 is 0 Å². The van der Waals surface area contributed by atoms with Gasteiger partial charge in [-0.15, -0.1) is 11.3 Å². The van der Waals surface area contributed by atoms with Gasteiger partial charge in [-0.3, -0.25) is 0 Å². The van der Waals surface area contributed by atoms with Gasteiger partial charge in [0.25, 0.3) is 0 Å². The van der Waals surface area contributed by atoms with Gasteiger partial charge in [-0.1, -0.05) is 53.1 Å². The Kier molecular flexibility index (Phi) is 4.49. The van der Waals surface area contributed by atoms with Crippen molar-refractivity contribution in [2.45, 2.75) is 52.4 Å². The first-order chi connectivity index (χ1) is 9.50. The minimum absolute atomic E-state index is 0.0228. The van der Waals surface area contributed by atoms with Crippen molar-refractivity contribution < 1.29 is 0 Å². The SMILES string of the molecule is CC(C)(C)c1nc(-c2nc(Cl)c(Br)c(C(C)(C)C)n2)cs1. The summed E-state index contributed by atoms with van der Waals surface area (Å²) >= 11 is 11.4. The van der Waals surface area contributed by atoms with Crippen LogP contribution < -0.4 is 0 Å². The largest absolute Gasteiger partial charge is 0.237 e. The second kappa shape index (κ2) is 5.60. The summed E-state index contributed by atoms with van der Waals surface area (Å²) in [5, 5.41) is 3.49. The van der Waals surface area contributed by atoms with E-state index in [-0.39, 0.29) is 10.8 Å². The van der Waals surface area contributed by atoms with E-state index in [4.69, 9.17) is 11.6 Å². The first-order valence-electron chi connectivity index (χ1n) is 6.70. The number of halogens is 2. The van der Waals surface area contributed by atoms with Gasteiger partial charge in [-0.25, -0.2) is 15.0 Å². The second-order valence-corrected chi connectivity index (χ2v) is 9.05. The maximum absolute atomic E-state index is 6.25. The summed E-state index contributed by atoms with van der Waals surface area (Å²) in [6.07, 6.45) is 0. The number of nitrogens with zero attached hydrogens (tertiary/aromatic N) is 3. The van der Waals surface area contributed by atoms with Crippen molar-refractivity contribution in [3.8, 4) is 11.5 Å². The highest BCUT2D eigenvalue weighted by Crippen LogP contribution is 2.35. The van der Waals surface area contributed by atoms with E-state index in [1.807, 2.05) is 5.38 Å². The van der Waals surface area contributed by atoms with Gasteiger partial charge in [0.15, 0.2) is 5.82 Å². The minimum Gasteiger partial charge on any atom is -0.237 e. The highest BCUT2D eigenvalue weighted by molar-refractivity contribution is 9.10. The molecule has 0 bridgehead atoms. The van der Waals surface area contributed by atoms with Gasteiger partial charge < -0.3 is 0 Å². The fraction of sp³-hybridized carbons (Fsp3) is 0.533. The van der Waals surface area contributed by atoms with Crippen molar-refractivity contribution >= 4 is 38.9 Å². The van der Waals surface area contributed by atoms with Crippen molar-refractivity contribution in [2.24, 2.45) is 0 Å². The summed E-state index contributed by atoms with van der Waals surface area (Å²) < 4.78 is 0.756. The van der Waals surface area contributed by atoms with Crippen molar-refractivity contribution in [3.05, 3.63) is 25.7 Å². The van der Waals surface area contributed by atoms with Gasteiger partial charge in [-0.05, 0) is 15.9 Å².